The largest absolute Gasteiger partial charge is 0.305 e. The van der Waals surface area contributed by atoms with Gasteiger partial charge in [-0.2, -0.15) is 5.10 Å². The first-order valence-corrected chi connectivity index (χ1v) is 8.19. The lowest BCUT2D eigenvalue weighted by Crippen LogP contribution is -2.16. The maximum Gasteiger partial charge on any atom is 0.258 e. The van der Waals surface area contributed by atoms with Crippen molar-refractivity contribution in [1.82, 2.24) is 14.8 Å². The Balaban J connectivity index is 2.14. The van der Waals surface area contributed by atoms with Crippen molar-refractivity contribution in [3.63, 3.8) is 0 Å². The second-order valence-corrected chi connectivity index (χ2v) is 6.85. The number of aromatic nitrogens is 3. The third kappa shape index (κ3) is 3.88. The number of rotatable bonds is 5. The normalized spacial score (nSPS) is 11.3. The van der Waals surface area contributed by atoms with Gasteiger partial charge in [0.15, 0.2) is 15.7 Å². The van der Waals surface area contributed by atoms with Crippen LogP contribution in [0.4, 0.5) is 5.82 Å². The molecule has 2 heterocycles. The number of amides is 1. The van der Waals surface area contributed by atoms with Crippen LogP contribution in [0, 0.1) is 6.92 Å². The molecule has 0 radical (unpaired) electrons. The number of anilines is 1. The van der Waals surface area contributed by atoms with E-state index in [-0.39, 0.29) is 17.5 Å². The number of hydrogen-bond donors (Lipinski definition) is 1. The Labute approximate surface area is 122 Å². The lowest BCUT2D eigenvalue weighted by molar-refractivity contribution is 0.102. The first-order chi connectivity index (χ1) is 9.91. The van der Waals surface area contributed by atoms with Gasteiger partial charge < -0.3 is 5.32 Å². The van der Waals surface area contributed by atoms with Gasteiger partial charge in [-0.1, -0.05) is 6.92 Å². The lowest BCUT2D eigenvalue weighted by Gasteiger charge is -2.04. The fraction of sp³-hybridized carbons (Fsp3) is 0.308. The highest BCUT2D eigenvalue weighted by molar-refractivity contribution is 7.90. The van der Waals surface area contributed by atoms with Crippen LogP contribution in [0.5, 0.6) is 0 Å². The summed E-state index contributed by atoms with van der Waals surface area (Å²) in [6.45, 7) is 3.32. The summed E-state index contributed by atoms with van der Waals surface area (Å²) in [5, 5.41) is 6.71. The molecule has 0 saturated carbocycles. The van der Waals surface area contributed by atoms with E-state index in [4.69, 9.17) is 0 Å². The molecule has 0 aliphatic carbocycles. The van der Waals surface area contributed by atoms with Gasteiger partial charge in [0.25, 0.3) is 5.91 Å². The van der Waals surface area contributed by atoms with Crippen molar-refractivity contribution in [3.8, 4) is 0 Å². The number of carbonyl (C=O) groups excluding carboxylic acids is 1. The van der Waals surface area contributed by atoms with Crippen LogP contribution in [0.15, 0.2) is 30.6 Å². The van der Waals surface area contributed by atoms with E-state index in [0.29, 0.717) is 17.1 Å². The fourth-order valence-electron chi connectivity index (χ4n) is 1.67. The average molecular weight is 308 g/mol. The predicted octanol–water partition coefficient (Wildman–Crippen LogP) is 1.23. The summed E-state index contributed by atoms with van der Waals surface area (Å²) in [6, 6.07) is 4.92. The van der Waals surface area contributed by atoms with E-state index in [2.05, 4.69) is 15.4 Å². The summed E-state index contributed by atoms with van der Waals surface area (Å²) in [6.07, 6.45) is 3.02. The molecular formula is C13H16N4O3S. The zero-order valence-corrected chi connectivity index (χ0v) is 12.6. The summed E-state index contributed by atoms with van der Waals surface area (Å²) in [5.74, 6) is -0.180. The van der Waals surface area contributed by atoms with Gasteiger partial charge in [0.05, 0.1) is 5.56 Å². The Hall–Kier alpha value is -2.22. The first-order valence-electron chi connectivity index (χ1n) is 6.37. The Bertz CT molecular complexity index is 738. The Morgan fingerprint density at radius 1 is 1.43 bits per heavy atom. The molecule has 112 valence electrons. The topological polar surface area (TPSA) is 94.0 Å². The second-order valence-electron chi connectivity index (χ2n) is 4.53. The van der Waals surface area contributed by atoms with Gasteiger partial charge in [0.1, 0.15) is 5.88 Å². The lowest BCUT2D eigenvalue weighted by atomic mass is 10.3. The molecular weight excluding hydrogens is 292 g/mol. The maximum absolute atomic E-state index is 12.0. The molecule has 2 rings (SSSR count). The van der Waals surface area contributed by atoms with E-state index in [1.807, 2.05) is 0 Å². The second kappa shape index (κ2) is 6.04. The molecule has 2 aromatic heterocycles. The third-order valence-corrected chi connectivity index (χ3v) is 4.42. The highest BCUT2D eigenvalue weighted by Crippen LogP contribution is 2.11. The van der Waals surface area contributed by atoms with Crippen LogP contribution in [0.2, 0.25) is 0 Å². The molecule has 0 aliphatic rings. The van der Waals surface area contributed by atoms with E-state index in [1.54, 1.807) is 38.2 Å². The molecule has 0 aliphatic heterocycles. The van der Waals surface area contributed by atoms with Crippen molar-refractivity contribution >= 4 is 21.6 Å². The van der Waals surface area contributed by atoms with Crippen LogP contribution in [0.1, 0.15) is 23.0 Å². The van der Waals surface area contributed by atoms with E-state index in [9.17, 15) is 13.2 Å². The average Bonchev–Trinajstić information content (AvgIpc) is 2.79. The molecule has 0 spiro atoms. The summed E-state index contributed by atoms with van der Waals surface area (Å²) in [7, 11) is -3.18. The highest BCUT2D eigenvalue weighted by Gasteiger charge is 2.14. The molecule has 1 N–H and O–H groups in total. The van der Waals surface area contributed by atoms with Gasteiger partial charge in [-0.15, -0.1) is 0 Å². The minimum atomic E-state index is -3.18. The van der Waals surface area contributed by atoms with Gasteiger partial charge in [-0.3, -0.25) is 14.5 Å². The molecule has 0 saturated heterocycles. The molecule has 0 bridgehead atoms. The molecule has 2 aromatic rings. The molecule has 8 heteroatoms. The van der Waals surface area contributed by atoms with Crippen molar-refractivity contribution in [3.05, 3.63) is 41.9 Å². The molecule has 0 fully saturated rings. The number of nitrogens with zero attached hydrogens (tertiary/aromatic N) is 3. The summed E-state index contributed by atoms with van der Waals surface area (Å²) in [5.41, 5.74) is 1.07. The van der Waals surface area contributed by atoms with Crippen LogP contribution in [-0.4, -0.2) is 34.8 Å². The van der Waals surface area contributed by atoms with Crippen LogP contribution < -0.4 is 5.32 Å². The minimum Gasteiger partial charge on any atom is -0.305 e. The molecule has 7 nitrogen and oxygen atoms in total. The van der Waals surface area contributed by atoms with Crippen LogP contribution in [0.25, 0.3) is 0 Å². The van der Waals surface area contributed by atoms with E-state index >= 15 is 0 Å². The van der Waals surface area contributed by atoms with Gasteiger partial charge in [-0.05, 0) is 19.1 Å². The monoisotopic (exact) mass is 308 g/mol. The quantitative estimate of drug-likeness (QED) is 0.896. The summed E-state index contributed by atoms with van der Waals surface area (Å²) >= 11 is 0. The van der Waals surface area contributed by atoms with E-state index in [0.717, 1.165) is 0 Å². The Kier molecular flexibility index (Phi) is 4.37. The molecule has 1 amide bonds. The van der Waals surface area contributed by atoms with E-state index < -0.39 is 9.84 Å². The third-order valence-electron chi connectivity index (χ3n) is 2.91. The van der Waals surface area contributed by atoms with Gasteiger partial charge in [-0.25, -0.2) is 8.42 Å². The summed E-state index contributed by atoms with van der Waals surface area (Å²) in [4.78, 5) is 15.8. The standard InChI is InChI=1S/C13H16N4O3S/c1-3-21(19,20)9-17-10(2)7-12(16-17)15-13(18)11-5-4-6-14-8-11/h4-8H,3,9H2,1-2H3,(H,15,16,18). The number of carbonyl (C=O) groups is 1. The molecule has 21 heavy (non-hydrogen) atoms. The maximum atomic E-state index is 12.0. The molecule has 0 unspecified atom stereocenters. The summed E-state index contributed by atoms with van der Waals surface area (Å²) < 4.78 is 24.6. The SMILES string of the molecule is CCS(=O)(=O)Cn1nc(NC(=O)c2cccnc2)cc1C. The fourth-order valence-corrected chi connectivity index (χ4v) is 2.48. The smallest absolute Gasteiger partial charge is 0.258 e. The van der Waals surface area contributed by atoms with Crippen LogP contribution in [-0.2, 0) is 15.7 Å². The highest BCUT2D eigenvalue weighted by atomic mass is 32.2. The van der Waals surface area contributed by atoms with Crippen molar-refractivity contribution in [2.24, 2.45) is 0 Å². The minimum absolute atomic E-state index is 0.0453. The van der Waals surface area contributed by atoms with Gasteiger partial charge in [0.2, 0.25) is 0 Å². The van der Waals surface area contributed by atoms with Crippen LogP contribution in [0.3, 0.4) is 0 Å². The van der Waals surface area contributed by atoms with Crippen molar-refractivity contribution in [1.29, 1.82) is 0 Å². The van der Waals surface area contributed by atoms with E-state index in [1.165, 1.54) is 10.9 Å². The zero-order valence-electron chi connectivity index (χ0n) is 11.8. The molecule has 0 atom stereocenters. The number of aryl methyl sites for hydroxylation is 1. The van der Waals surface area contributed by atoms with Gasteiger partial charge >= 0.3 is 0 Å². The zero-order chi connectivity index (χ0) is 15.5. The Morgan fingerprint density at radius 2 is 2.19 bits per heavy atom. The first kappa shape index (κ1) is 15.2. The van der Waals surface area contributed by atoms with Gasteiger partial charge in [0, 0.05) is 29.9 Å². The van der Waals surface area contributed by atoms with Crippen molar-refractivity contribution in [2.45, 2.75) is 19.7 Å². The number of sulfone groups is 1. The number of pyridine rings is 1. The number of nitrogens with one attached hydrogen (secondary N) is 1. The Morgan fingerprint density at radius 3 is 2.81 bits per heavy atom. The predicted molar refractivity (Wildman–Crippen MR) is 78.6 cm³/mol. The van der Waals surface area contributed by atoms with Crippen molar-refractivity contribution in [2.75, 3.05) is 11.1 Å². The molecule has 0 aromatic carbocycles. The number of hydrogen-bond acceptors (Lipinski definition) is 5. The van der Waals surface area contributed by atoms with Crippen LogP contribution >= 0.6 is 0 Å². The van der Waals surface area contributed by atoms with Crippen molar-refractivity contribution < 1.29 is 13.2 Å².